The molecule has 3 nitrogen and oxygen atoms in total. The molecular weight excluding hydrogens is 93.0 g/mol. The first-order valence-corrected chi connectivity index (χ1v) is 1.05. The predicted octanol–water partition coefficient (Wildman–Crippen LogP) is -1.49. The third-order valence-electron chi connectivity index (χ3n) is 0.136. The van der Waals surface area contributed by atoms with Gasteiger partial charge in [0, 0.05) is 29.6 Å². The van der Waals surface area contributed by atoms with E-state index < -0.39 is 0 Å². The van der Waals surface area contributed by atoms with Crippen molar-refractivity contribution in [3.05, 3.63) is 0 Å². The van der Waals surface area contributed by atoms with E-state index >= 15 is 0 Å². The standard InChI is InChI=1S/C2H3NO2.Na/c4-1-3-2-5;/h1-2H,(H,3,4,5);. The summed E-state index contributed by atoms with van der Waals surface area (Å²) in [5.74, 6) is 0. The van der Waals surface area contributed by atoms with Gasteiger partial charge in [0.15, 0.2) is 0 Å². The minimum absolute atomic E-state index is 0. The van der Waals surface area contributed by atoms with Crippen LogP contribution < -0.4 is 5.32 Å². The summed E-state index contributed by atoms with van der Waals surface area (Å²) < 4.78 is 0. The third-order valence-corrected chi connectivity index (χ3v) is 0.136. The normalized spacial score (nSPS) is 4.67. The monoisotopic (exact) mass is 96.0 g/mol. The molecule has 0 bridgehead atoms. The molecule has 4 heteroatoms. The van der Waals surface area contributed by atoms with Crippen LogP contribution in [-0.2, 0) is 9.59 Å². The van der Waals surface area contributed by atoms with Gasteiger partial charge < -0.3 is 5.32 Å². The van der Waals surface area contributed by atoms with Crippen LogP contribution in [0, 0.1) is 0 Å². The van der Waals surface area contributed by atoms with Crippen LogP contribution in [0.25, 0.3) is 0 Å². The van der Waals surface area contributed by atoms with Gasteiger partial charge in [-0.25, -0.2) is 0 Å². The molecule has 0 aliphatic rings. The Hall–Kier alpha value is 0.140. The first-order chi connectivity index (χ1) is 2.41. The van der Waals surface area contributed by atoms with Gasteiger partial charge in [-0.1, -0.05) is 0 Å². The molecule has 6 heavy (non-hydrogen) atoms. The third kappa shape index (κ3) is 8.91. The van der Waals surface area contributed by atoms with E-state index in [0.717, 1.165) is 0 Å². The van der Waals surface area contributed by atoms with Gasteiger partial charge in [-0.2, -0.15) is 0 Å². The molecule has 0 spiro atoms. The largest absolute Gasteiger partial charge is 0.302 e. The second kappa shape index (κ2) is 8.94. The van der Waals surface area contributed by atoms with E-state index in [2.05, 4.69) is 0 Å². The van der Waals surface area contributed by atoms with Crippen molar-refractivity contribution in [3.63, 3.8) is 0 Å². The quantitative estimate of drug-likeness (QED) is 0.336. The van der Waals surface area contributed by atoms with Gasteiger partial charge in [-0.3, -0.25) is 9.59 Å². The molecule has 0 rings (SSSR count). The van der Waals surface area contributed by atoms with Crippen molar-refractivity contribution in [2.45, 2.75) is 0 Å². The Bertz CT molecular complexity index is 40.8. The van der Waals surface area contributed by atoms with Crippen molar-refractivity contribution in [3.8, 4) is 0 Å². The second-order valence-corrected chi connectivity index (χ2v) is 0.402. The van der Waals surface area contributed by atoms with Gasteiger partial charge in [0.25, 0.3) is 0 Å². The van der Waals surface area contributed by atoms with E-state index in [4.69, 9.17) is 9.59 Å². The van der Waals surface area contributed by atoms with Gasteiger partial charge in [0.05, 0.1) is 0 Å². The molecule has 0 aromatic heterocycles. The summed E-state index contributed by atoms with van der Waals surface area (Å²) in [7, 11) is 0. The van der Waals surface area contributed by atoms with E-state index in [1.54, 1.807) is 5.32 Å². The molecule has 2 amide bonds. The number of hydrogen-bond acceptors (Lipinski definition) is 2. The van der Waals surface area contributed by atoms with Crippen LogP contribution in [0.5, 0.6) is 0 Å². The van der Waals surface area contributed by atoms with E-state index in [-0.39, 0.29) is 29.6 Å². The molecule has 0 heterocycles. The molecule has 29 valence electrons. The Morgan fingerprint density at radius 2 is 1.50 bits per heavy atom. The van der Waals surface area contributed by atoms with Crippen LogP contribution in [0.4, 0.5) is 0 Å². The molecule has 0 aromatic rings. The molecule has 0 saturated carbocycles. The summed E-state index contributed by atoms with van der Waals surface area (Å²) in [6.45, 7) is 0. The van der Waals surface area contributed by atoms with E-state index in [0.29, 0.717) is 12.8 Å². The molecule has 0 saturated heterocycles. The molecule has 0 aromatic carbocycles. The van der Waals surface area contributed by atoms with E-state index in [1.165, 1.54) is 0 Å². The summed E-state index contributed by atoms with van der Waals surface area (Å²) in [6, 6.07) is 0. The van der Waals surface area contributed by atoms with E-state index in [1.807, 2.05) is 0 Å². The van der Waals surface area contributed by atoms with Gasteiger partial charge in [-0.05, 0) is 0 Å². The smallest absolute Gasteiger partial charge is 0.213 e. The zero-order valence-electron chi connectivity index (χ0n) is 3.47. The van der Waals surface area contributed by atoms with Crippen molar-refractivity contribution in [1.82, 2.24) is 5.32 Å². The Kier molecular flexibility index (Phi) is 14.1. The zero-order valence-corrected chi connectivity index (χ0v) is 5.47. The van der Waals surface area contributed by atoms with Gasteiger partial charge in [0.1, 0.15) is 0 Å². The maximum Gasteiger partial charge on any atom is 0.213 e. The summed E-state index contributed by atoms with van der Waals surface area (Å²) in [5.41, 5.74) is 0. The molecule has 0 aliphatic carbocycles. The van der Waals surface area contributed by atoms with Gasteiger partial charge in [-0.15, -0.1) is 0 Å². The van der Waals surface area contributed by atoms with Crippen molar-refractivity contribution < 1.29 is 9.59 Å². The Labute approximate surface area is 57.4 Å². The Balaban J connectivity index is 0. The number of imide groups is 1. The fraction of sp³-hybridized carbons (Fsp3) is 0. The molecule has 1 N–H and O–H groups in total. The average molecular weight is 96.0 g/mol. The summed E-state index contributed by atoms with van der Waals surface area (Å²) in [4.78, 5) is 18.1. The predicted molar refractivity (Wildman–Crippen MR) is 21.0 cm³/mol. The summed E-state index contributed by atoms with van der Waals surface area (Å²) in [6.07, 6.45) is 0.625. The SMILES string of the molecule is O=CNC=O.[Na]. The van der Waals surface area contributed by atoms with Gasteiger partial charge >= 0.3 is 0 Å². The molecular formula is C2H3NNaO2. The fourth-order valence-corrected chi connectivity index (χ4v) is 0.0278. The molecule has 0 fully saturated rings. The number of rotatable bonds is 2. The maximum atomic E-state index is 9.06. The van der Waals surface area contributed by atoms with Crippen LogP contribution in [-0.4, -0.2) is 42.4 Å². The van der Waals surface area contributed by atoms with Crippen LogP contribution in [0.3, 0.4) is 0 Å². The number of amides is 2. The number of nitrogens with one attached hydrogen (secondary N) is 1. The summed E-state index contributed by atoms with van der Waals surface area (Å²) >= 11 is 0. The van der Waals surface area contributed by atoms with Crippen molar-refractivity contribution in [2.75, 3.05) is 0 Å². The first-order valence-electron chi connectivity index (χ1n) is 1.05. The number of carbonyl (C=O) groups excluding carboxylic acids is 2. The van der Waals surface area contributed by atoms with Crippen LogP contribution in [0.15, 0.2) is 0 Å². The van der Waals surface area contributed by atoms with Crippen LogP contribution in [0.2, 0.25) is 0 Å². The van der Waals surface area contributed by atoms with Crippen molar-refractivity contribution in [2.24, 2.45) is 0 Å². The van der Waals surface area contributed by atoms with Crippen molar-refractivity contribution in [1.29, 1.82) is 0 Å². The topological polar surface area (TPSA) is 46.2 Å². The second-order valence-electron chi connectivity index (χ2n) is 0.402. The minimum atomic E-state index is 0. The van der Waals surface area contributed by atoms with Crippen LogP contribution in [0.1, 0.15) is 0 Å². The summed E-state index contributed by atoms with van der Waals surface area (Å²) in [5, 5.41) is 1.75. The zero-order chi connectivity index (χ0) is 4.12. The van der Waals surface area contributed by atoms with E-state index in [9.17, 15) is 0 Å². The average Bonchev–Trinajstić information content (AvgIpc) is 1.41. The molecule has 0 aliphatic heterocycles. The molecule has 0 unspecified atom stereocenters. The molecule has 0 atom stereocenters. The number of carbonyl (C=O) groups is 2. The molecule has 1 radical (unpaired) electrons. The minimum Gasteiger partial charge on any atom is -0.302 e. The Morgan fingerprint density at radius 1 is 1.17 bits per heavy atom. The van der Waals surface area contributed by atoms with Crippen LogP contribution >= 0.6 is 0 Å². The number of hydrogen-bond donors (Lipinski definition) is 1. The van der Waals surface area contributed by atoms with Gasteiger partial charge in [0.2, 0.25) is 12.8 Å². The first kappa shape index (κ1) is 9.46. The Morgan fingerprint density at radius 3 is 1.50 bits per heavy atom. The maximum absolute atomic E-state index is 9.06. The van der Waals surface area contributed by atoms with Crippen molar-refractivity contribution >= 4 is 42.4 Å². The fourth-order valence-electron chi connectivity index (χ4n) is 0.0278.